The van der Waals surface area contributed by atoms with Gasteiger partial charge in [-0.1, -0.05) is 115 Å². The van der Waals surface area contributed by atoms with Crippen molar-refractivity contribution in [3.8, 4) is 39.1 Å². The van der Waals surface area contributed by atoms with Crippen LogP contribution in [-0.4, -0.2) is 9.55 Å². The second-order valence-electron chi connectivity index (χ2n) is 12.9. The number of hydrogen-bond donors (Lipinski definition) is 0. The molecule has 0 N–H and O–H groups in total. The quantitative estimate of drug-likeness (QED) is 0.191. The van der Waals surface area contributed by atoms with Crippen molar-refractivity contribution in [2.75, 3.05) is 0 Å². The minimum absolute atomic E-state index is 1.01. The third-order valence-corrected chi connectivity index (χ3v) is 9.98. The first-order chi connectivity index (χ1) is 24.2. The van der Waals surface area contributed by atoms with E-state index in [0.29, 0.717) is 0 Å². The van der Waals surface area contributed by atoms with Crippen LogP contribution in [0.2, 0.25) is 0 Å². The van der Waals surface area contributed by atoms with E-state index < -0.39 is 0 Å². The summed E-state index contributed by atoms with van der Waals surface area (Å²) >= 11 is 0. The monoisotopic (exact) mass is 622 g/mol. The van der Waals surface area contributed by atoms with E-state index in [9.17, 15) is 0 Å². The number of pyridine rings is 1. The van der Waals surface area contributed by atoms with Gasteiger partial charge >= 0.3 is 0 Å². The molecule has 0 aliphatic carbocycles. The lowest BCUT2D eigenvalue weighted by Gasteiger charge is -2.11. The van der Waals surface area contributed by atoms with Crippen molar-refractivity contribution in [1.29, 1.82) is 0 Å². The van der Waals surface area contributed by atoms with Gasteiger partial charge in [0.1, 0.15) is 0 Å². The Bertz CT molecular complexity index is 2740. The number of rotatable bonds is 4. The van der Waals surface area contributed by atoms with Crippen molar-refractivity contribution in [2.24, 2.45) is 0 Å². The average molecular weight is 623 g/mol. The predicted octanol–water partition coefficient (Wildman–Crippen LogP) is 12.6. The number of nitrogens with zero attached hydrogens (tertiary/aromatic N) is 2. The molecular formula is C47H30N2. The predicted molar refractivity (Wildman–Crippen MR) is 207 cm³/mol. The molecule has 228 valence electrons. The standard InChI is InChI=1S/C47H30N2/c1-3-9-34-25-36(15-13-31(34)7-1)38-19-23-46-43(28-38)44-29-39(37-16-14-32-8-2-4-10-35(32)26-37)20-24-47(44)49(46)42-21-17-33(18-22-42)41-27-40-11-5-6-12-45(40)48-30-41/h1-30H. The third-order valence-electron chi connectivity index (χ3n) is 9.98. The molecule has 10 rings (SSSR count). The molecule has 2 heteroatoms. The zero-order valence-corrected chi connectivity index (χ0v) is 26.7. The molecule has 0 aliphatic rings. The summed E-state index contributed by atoms with van der Waals surface area (Å²) in [6.07, 6.45) is 1.97. The maximum Gasteiger partial charge on any atom is 0.0702 e. The number of hydrogen-bond acceptors (Lipinski definition) is 1. The van der Waals surface area contributed by atoms with Gasteiger partial charge in [-0.15, -0.1) is 0 Å². The number of para-hydroxylation sites is 1. The molecule has 0 fully saturated rings. The number of fused-ring (bicyclic) bond motifs is 6. The molecule has 8 aromatic carbocycles. The van der Waals surface area contributed by atoms with Gasteiger partial charge in [-0.25, -0.2) is 0 Å². The molecule has 2 heterocycles. The lowest BCUT2D eigenvalue weighted by molar-refractivity contribution is 1.18. The molecule has 0 saturated heterocycles. The van der Waals surface area contributed by atoms with E-state index in [2.05, 4.69) is 174 Å². The zero-order valence-electron chi connectivity index (χ0n) is 26.7. The third kappa shape index (κ3) is 4.69. The van der Waals surface area contributed by atoms with Crippen LogP contribution in [-0.2, 0) is 0 Å². The largest absolute Gasteiger partial charge is 0.309 e. The average Bonchev–Trinajstić information content (AvgIpc) is 3.50. The zero-order chi connectivity index (χ0) is 32.3. The summed E-state index contributed by atoms with van der Waals surface area (Å²) in [7, 11) is 0. The van der Waals surface area contributed by atoms with Crippen molar-refractivity contribution < 1.29 is 0 Å². The van der Waals surface area contributed by atoms with Crippen LogP contribution >= 0.6 is 0 Å². The second-order valence-corrected chi connectivity index (χ2v) is 12.9. The molecular weight excluding hydrogens is 593 g/mol. The van der Waals surface area contributed by atoms with Gasteiger partial charge in [-0.2, -0.15) is 0 Å². The number of aromatic nitrogens is 2. The highest BCUT2D eigenvalue weighted by Gasteiger charge is 2.15. The molecule has 0 saturated carbocycles. The molecule has 2 nitrogen and oxygen atoms in total. The Labute approximate surface area is 284 Å². The van der Waals surface area contributed by atoms with Crippen molar-refractivity contribution in [1.82, 2.24) is 9.55 Å². The Kier molecular flexibility index (Phi) is 6.22. The Morgan fingerprint density at radius 2 is 0.776 bits per heavy atom. The molecule has 0 aliphatic heterocycles. The Morgan fingerprint density at radius 3 is 1.37 bits per heavy atom. The highest BCUT2D eigenvalue weighted by atomic mass is 15.0. The maximum atomic E-state index is 4.71. The molecule has 49 heavy (non-hydrogen) atoms. The summed E-state index contributed by atoms with van der Waals surface area (Å²) in [6.45, 7) is 0. The minimum Gasteiger partial charge on any atom is -0.309 e. The van der Waals surface area contributed by atoms with Crippen LogP contribution in [0.5, 0.6) is 0 Å². The van der Waals surface area contributed by atoms with Gasteiger partial charge < -0.3 is 4.57 Å². The maximum absolute atomic E-state index is 4.71. The first-order valence-corrected chi connectivity index (χ1v) is 16.8. The summed E-state index contributed by atoms with van der Waals surface area (Å²) in [5, 5.41) is 8.65. The molecule has 0 unspecified atom stereocenters. The molecule has 0 bridgehead atoms. The van der Waals surface area contributed by atoms with E-state index >= 15 is 0 Å². The van der Waals surface area contributed by atoms with E-state index in [4.69, 9.17) is 4.98 Å². The lowest BCUT2D eigenvalue weighted by Crippen LogP contribution is -1.94. The van der Waals surface area contributed by atoms with Crippen LogP contribution in [0.15, 0.2) is 182 Å². The summed E-state index contributed by atoms with van der Waals surface area (Å²) < 4.78 is 2.40. The normalized spacial score (nSPS) is 11.7. The van der Waals surface area contributed by atoms with Crippen molar-refractivity contribution in [2.45, 2.75) is 0 Å². The Hall–Kier alpha value is -6.51. The smallest absolute Gasteiger partial charge is 0.0702 e. The van der Waals surface area contributed by atoms with Crippen molar-refractivity contribution >= 4 is 54.3 Å². The fourth-order valence-corrected chi connectivity index (χ4v) is 7.43. The topological polar surface area (TPSA) is 17.8 Å². The first-order valence-electron chi connectivity index (χ1n) is 16.8. The van der Waals surface area contributed by atoms with Crippen molar-refractivity contribution in [3.63, 3.8) is 0 Å². The highest BCUT2D eigenvalue weighted by Crippen LogP contribution is 2.38. The van der Waals surface area contributed by atoms with E-state index in [1.807, 2.05) is 12.3 Å². The summed E-state index contributed by atoms with van der Waals surface area (Å²) in [4.78, 5) is 4.71. The summed E-state index contributed by atoms with van der Waals surface area (Å²) in [6, 6.07) is 63.9. The van der Waals surface area contributed by atoms with Gasteiger partial charge in [0.25, 0.3) is 0 Å². The summed E-state index contributed by atoms with van der Waals surface area (Å²) in [5.74, 6) is 0. The highest BCUT2D eigenvalue weighted by molar-refractivity contribution is 6.12. The second kappa shape index (κ2) is 11.0. The molecule has 2 aromatic heterocycles. The van der Waals surface area contributed by atoms with Crippen LogP contribution < -0.4 is 0 Å². The fraction of sp³-hybridized carbons (Fsp3) is 0. The van der Waals surface area contributed by atoms with Gasteiger partial charge in [0.05, 0.1) is 16.6 Å². The molecule has 0 atom stereocenters. The molecule has 0 amide bonds. The molecule has 0 spiro atoms. The van der Waals surface area contributed by atoms with Crippen LogP contribution in [0.1, 0.15) is 0 Å². The van der Waals surface area contributed by atoms with Crippen LogP contribution in [0.3, 0.4) is 0 Å². The molecule has 10 aromatic rings. The van der Waals surface area contributed by atoms with Crippen LogP contribution in [0.4, 0.5) is 0 Å². The van der Waals surface area contributed by atoms with Gasteiger partial charge in [0, 0.05) is 33.6 Å². The summed E-state index contributed by atoms with van der Waals surface area (Å²) in [5.41, 5.74) is 11.7. The minimum atomic E-state index is 1.01. The van der Waals surface area contributed by atoms with E-state index in [1.54, 1.807) is 0 Å². The van der Waals surface area contributed by atoms with Crippen LogP contribution in [0, 0.1) is 0 Å². The molecule has 0 radical (unpaired) electrons. The van der Waals surface area contributed by atoms with Gasteiger partial charge in [0.15, 0.2) is 0 Å². The van der Waals surface area contributed by atoms with Crippen LogP contribution in [0.25, 0.3) is 93.3 Å². The van der Waals surface area contributed by atoms with E-state index in [-0.39, 0.29) is 0 Å². The number of benzene rings is 8. The fourth-order valence-electron chi connectivity index (χ4n) is 7.43. The Morgan fingerprint density at radius 1 is 0.327 bits per heavy atom. The lowest BCUT2D eigenvalue weighted by atomic mass is 9.98. The first kappa shape index (κ1) is 27.6. The Balaban J connectivity index is 1.14. The van der Waals surface area contributed by atoms with E-state index in [1.165, 1.54) is 65.6 Å². The van der Waals surface area contributed by atoms with E-state index in [0.717, 1.165) is 27.7 Å². The SMILES string of the molecule is c1ccc2cc(-c3ccc4c(c3)c3cc(-c5ccc6ccccc6c5)ccc3n4-c3ccc(-c4cnc5ccccc5c4)cc3)ccc2c1. The van der Waals surface area contributed by atoms with Gasteiger partial charge in [-0.05, 0) is 110 Å². The van der Waals surface area contributed by atoms with Gasteiger partial charge in [-0.3, -0.25) is 4.98 Å². The van der Waals surface area contributed by atoms with Crippen molar-refractivity contribution in [3.05, 3.63) is 182 Å². The van der Waals surface area contributed by atoms with Gasteiger partial charge in [0.2, 0.25) is 0 Å².